The first-order valence-electron chi connectivity index (χ1n) is 21.6. The van der Waals surface area contributed by atoms with Crippen LogP contribution in [0.25, 0.3) is 44.5 Å². The van der Waals surface area contributed by atoms with Gasteiger partial charge in [0.1, 0.15) is 0 Å². The average Bonchev–Trinajstić information content (AvgIpc) is 3.66. The van der Waals surface area contributed by atoms with Crippen LogP contribution >= 0.6 is 0 Å². The molecule has 17 heteroatoms. The van der Waals surface area contributed by atoms with E-state index in [0.29, 0.717) is 51.4 Å². The standard InChI is InChI=1S/C48H54O12S4.Na.H/c49-61(50,51)29-9-5-25-47(26-6-10-30-62(52,53)54)43-15-3-1-13-39(43)41-23-21-37(33-45(41)47)35-17-19-36(20-18-35)38-22-24-42-40-14-2-4-16-44(40)48(46(42)34-38,27-7-11-31-63(55,56)57)28-8-12-32-64(58,59)60;;/h1-4,13-24,33-34H,5-12,25-32H2,(H,49,50,51)(H,52,53,54)(H,55,56,57)(H,58,59,60);;. The molecule has 0 radical (unpaired) electrons. The zero-order valence-electron chi connectivity index (χ0n) is 35.4. The third-order valence-electron chi connectivity index (χ3n) is 13.1. The number of fused-ring (bicyclic) bond motifs is 6. The molecule has 0 fully saturated rings. The molecule has 5 aromatic carbocycles. The number of benzene rings is 5. The van der Waals surface area contributed by atoms with Gasteiger partial charge in [-0.3, -0.25) is 18.2 Å². The van der Waals surface area contributed by atoms with Crippen LogP contribution in [-0.2, 0) is 51.3 Å². The van der Waals surface area contributed by atoms with Crippen molar-refractivity contribution in [2.75, 3.05) is 23.0 Å². The SMILES string of the molecule is O=S(=O)(O)CCCCC1(CCCCS(=O)(=O)O)c2ccccc2-c2ccc(-c3ccc(-c4ccc5c(c4)C(CCCCS(=O)(=O)O)(CCCCS(=O)(=O)O)c4ccccc4-5)cc3)cc21.[NaH]. The minimum atomic E-state index is -4.15. The van der Waals surface area contributed by atoms with Crippen LogP contribution in [0.1, 0.15) is 99.3 Å². The molecule has 0 amide bonds. The predicted molar refractivity (Wildman–Crippen MR) is 258 cm³/mol. The van der Waals surface area contributed by atoms with Crippen LogP contribution in [0.5, 0.6) is 0 Å². The van der Waals surface area contributed by atoms with E-state index >= 15 is 0 Å². The number of unbranched alkanes of at least 4 members (excludes halogenated alkanes) is 4. The molecule has 0 aromatic heterocycles. The molecule has 0 atom stereocenters. The Morgan fingerprint density at radius 3 is 0.877 bits per heavy atom. The van der Waals surface area contributed by atoms with Gasteiger partial charge in [0.15, 0.2) is 0 Å². The van der Waals surface area contributed by atoms with Gasteiger partial charge in [0.25, 0.3) is 40.5 Å². The Bertz CT molecular complexity index is 2690. The predicted octanol–water partition coefficient (Wildman–Crippen LogP) is 9.14. The van der Waals surface area contributed by atoms with E-state index in [2.05, 4.69) is 84.9 Å². The third-order valence-corrected chi connectivity index (χ3v) is 16.3. The fraction of sp³-hybridized carbons (Fsp3) is 0.375. The molecule has 344 valence electrons. The number of hydrogen-bond acceptors (Lipinski definition) is 8. The van der Waals surface area contributed by atoms with Gasteiger partial charge >= 0.3 is 29.6 Å². The average molecular weight is 975 g/mol. The Balaban J connectivity index is 0.00000700. The van der Waals surface area contributed by atoms with E-state index in [4.69, 9.17) is 0 Å². The van der Waals surface area contributed by atoms with Gasteiger partial charge in [-0.15, -0.1) is 0 Å². The van der Waals surface area contributed by atoms with E-state index in [1.165, 1.54) is 0 Å². The van der Waals surface area contributed by atoms with Crippen LogP contribution in [0.4, 0.5) is 0 Å². The van der Waals surface area contributed by atoms with Gasteiger partial charge in [0, 0.05) is 10.8 Å². The topological polar surface area (TPSA) is 217 Å². The van der Waals surface area contributed by atoms with Crippen molar-refractivity contribution in [3.05, 3.63) is 131 Å². The molecule has 12 nitrogen and oxygen atoms in total. The molecule has 0 unspecified atom stereocenters. The number of hydrogen-bond donors (Lipinski definition) is 4. The minimum absolute atomic E-state index is 0. The van der Waals surface area contributed by atoms with Crippen molar-refractivity contribution in [1.29, 1.82) is 0 Å². The third kappa shape index (κ3) is 12.3. The maximum absolute atomic E-state index is 11.6. The van der Waals surface area contributed by atoms with Crippen molar-refractivity contribution in [1.82, 2.24) is 0 Å². The zero-order chi connectivity index (χ0) is 46.0. The summed E-state index contributed by atoms with van der Waals surface area (Å²) in [5.41, 5.74) is 11.1. The summed E-state index contributed by atoms with van der Waals surface area (Å²) in [6.45, 7) is 0. The molecular weight excluding hydrogens is 920 g/mol. The molecule has 0 saturated carbocycles. The molecule has 0 heterocycles. The van der Waals surface area contributed by atoms with E-state index in [-0.39, 0.29) is 78.3 Å². The maximum atomic E-state index is 11.6. The molecule has 65 heavy (non-hydrogen) atoms. The van der Waals surface area contributed by atoms with Gasteiger partial charge in [-0.25, -0.2) is 0 Å². The van der Waals surface area contributed by atoms with Crippen LogP contribution in [0, 0.1) is 0 Å². The van der Waals surface area contributed by atoms with Crippen LogP contribution < -0.4 is 0 Å². The molecule has 5 aromatic rings. The zero-order valence-corrected chi connectivity index (χ0v) is 38.7. The van der Waals surface area contributed by atoms with Gasteiger partial charge in [0.05, 0.1) is 23.0 Å². The second kappa shape index (κ2) is 20.5. The summed E-state index contributed by atoms with van der Waals surface area (Å²) in [5.74, 6) is -1.45. The molecule has 7 rings (SSSR count). The normalized spacial score (nSPS) is 14.8. The summed E-state index contributed by atoms with van der Waals surface area (Å²) in [6.07, 6.45) is 5.23. The van der Waals surface area contributed by atoms with Crippen molar-refractivity contribution in [2.45, 2.75) is 87.9 Å². The Hall–Kier alpha value is -3.26. The van der Waals surface area contributed by atoms with Crippen molar-refractivity contribution < 1.29 is 51.9 Å². The molecule has 2 aliphatic rings. The van der Waals surface area contributed by atoms with Crippen LogP contribution in [-0.4, -0.2) is 104 Å². The Kier molecular flexibility index (Phi) is 16.2. The van der Waals surface area contributed by atoms with Gasteiger partial charge in [-0.05, 0) is 130 Å². The summed E-state index contributed by atoms with van der Waals surface area (Å²) in [7, 11) is -16.6. The first kappa shape index (κ1) is 51.1. The first-order chi connectivity index (χ1) is 30.2. The van der Waals surface area contributed by atoms with Gasteiger partial charge < -0.3 is 0 Å². The Morgan fingerprint density at radius 2 is 0.585 bits per heavy atom. The second-order valence-corrected chi connectivity index (χ2v) is 23.6. The van der Waals surface area contributed by atoms with Crippen molar-refractivity contribution in [3.63, 3.8) is 0 Å². The van der Waals surface area contributed by atoms with Crippen molar-refractivity contribution >= 4 is 70.0 Å². The molecule has 4 N–H and O–H groups in total. The molecule has 0 saturated heterocycles. The molecule has 0 spiro atoms. The van der Waals surface area contributed by atoms with Crippen LogP contribution in [0.2, 0.25) is 0 Å². The van der Waals surface area contributed by atoms with Crippen LogP contribution in [0.15, 0.2) is 109 Å². The van der Waals surface area contributed by atoms with E-state index < -0.39 is 51.3 Å². The Morgan fingerprint density at radius 1 is 0.323 bits per heavy atom. The molecule has 0 aliphatic heterocycles. The summed E-state index contributed by atoms with van der Waals surface area (Å²) in [5, 5.41) is 0. The van der Waals surface area contributed by atoms with E-state index in [9.17, 15) is 51.9 Å². The van der Waals surface area contributed by atoms with Crippen LogP contribution in [0.3, 0.4) is 0 Å². The number of rotatable bonds is 22. The van der Waals surface area contributed by atoms with E-state index in [1.807, 2.05) is 24.3 Å². The second-order valence-electron chi connectivity index (χ2n) is 17.3. The molecular formula is C48H55NaO12S4. The monoisotopic (exact) mass is 974 g/mol. The quantitative estimate of drug-likeness (QED) is 0.0290. The first-order valence-corrected chi connectivity index (χ1v) is 28.0. The summed E-state index contributed by atoms with van der Waals surface area (Å²) in [6, 6.07) is 37.0. The summed E-state index contributed by atoms with van der Waals surface area (Å²) < 4.78 is 131. The van der Waals surface area contributed by atoms with Crippen molar-refractivity contribution in [3.8, 4) is 44.5 Å². The fourth-order valence-corrected chi connectivity index (χ4v) is 12.6. The van der Waals surface area contributed by atoms with Gasteiger partial charge in [-0.1, -0.05) is 123 Å². The van der Waals surface area contributed by atoms with Crippen molar-refractivity contribution in [2.24, 2.45) is 0 Å². The van der Waals surface area contributed by atoms with E-state index in [0.717, 1.165) is 66.8 Å². The molecule has 2 aliphatic carbocycles. The van der Waals surface area contributed by atoms with Gasteiger partial charge in [-0.2, -0.15) is 33.7 Å². The van der Waals surface area contributed by atoms with E-state index in [1.54, 1.807) is 0 Å². The van der Waals surface area contributed by atoms with Gasteiger partial charge in [0.2, 0.25) is 0 Å². The summed E-state index contributed by atoms with van der Waals surface area (Å²) >= 11 is 0. The fourth-order valence-electron chi connectivity index (χ4n) is 10.3. The molecule has 0 bridgehead atoms. The Labute approximate surface area is 405 Å². The summed E-state index contributed by atoms with van der Waals surface area (Å²) in [4.78, 5) is 0.